The van der Waals surface area contributed by atoms with Crippen molar-refractivity contribution in [1.82, 2.24) is 0 Å². The van der Waals surface area contributed by atoms with Crippen LogP contribution in [0, 0.1) is 11.8 Å². The van der Waals surface area contributed by atoms with Gasteiger partial charge in [0.15, 0.2) is 0 Å². The Hall–Kier alpha value is 0.0249. The molecule has 0 aromatic carbocycles. The van der Waals surface area contributed by atoms with Crippen LogP contribution in [-0.4, -0.2) is 19.5 Å². The summed E-state index contributed by atoms with van der Waals surface area (Å²) in [5.41, 5.74) is 0.188. The van der Waals surface area contributed by atoms with Crippen molar-refractivity contribution in [2.24, 2.45) is 11.8 Å². The van der Waals surface area contributed by atoms with Crippen LogP contribution in [0.1, 0.15) is 47.0 Å². The molecule has 0 saturated carbocycles. The zero-order valence-corrected chi connectivity index (χ0v) is 9.76. The molecule has 13 heavy (non-hydrogen) atoms. The van der Waals surface area contributed by atoms with Gasteiger partial charge in [0.1, 0.15) is 7.85 Å². The third-order valence-corrected chi connectivity index (χ3v) is 4.00. The summed E-state index contributed by atoms with van der Waals surface area (Å²) < 4.78 is 6.16. The maximum atomic E-state index is 6.16. The zero-order chi connectivity index (χ0) is 10.1. The molecule has 1 heterocycles. The molecular weight excluding hydrogens is 159 g/mol. The van der Waals surface area contributed by atoms with E-state index in [1.165, 1.54) is 12.8 Å². The van der Waals surface area contributed by atoms with Gasteiger partial charge in [0.25, 0.3) is 0 Å². The van der Waals surface area contributed by atoms with Gasteiger partial charge in [-0.2, -0.15) is 0 Å². The van der Waals surface area contributed by atoms with Gasteiger partial charge < -0.3 is 4.74 Å². The van der Waals surface area contributed by atoms with Gasteiger partial charge in [0.2, 0.25) is 0 Å². The second kappa shape index (κ2) is 4.04. The van der Waals surface area contributed by atoms with Crippen molar-refractivity contribution in [1.29, 1.82) is 0 Å². The minimum Gasteiger partial charge on any atom is -0.380 e. The Morgan fingerprint density at radius 2 is 2.15 bits per heavy atom. The van der Waals surface area contributed by atoms with E-state index >= 15 is 0 Å². The Labute approximate surface area is 83.6 Å². The van der Waals surface area contributed by atoms with Crippen LogP contribution in [-0.2, 0) is 4.74 Å². The van der Waals surface area contributed by atoms with E-state index in [1.54, 1.807) is 0 Å². The summed E-state index contributed by atoms with van der Waals surface area (Å²) in [7, 11) is 2.21. The summed E-state index contributed by atoms with van der Waals surface area (Å²) in [4.78, 5) is 0. The molecular formula is C11H23BO. The van der Waals surface area contributed by atoms with Crippen LogP contribution in [0.25, 0.3) is 0 Å². The molecule has 0 bridgehead atoms. The van der Waals surface area contributed by atoms with E-state index in [-0.39, 0.29) is 5.60 Å². The van der Waals surface area contributed by atoms with Crippen LogP contribution in [0.3, 0.4) is 0 Å². The molecule has 1 fully saturated rings. The second-order valence-corrected chi connectivity index (χ2v) is 4.73. The van der Waals surface area contributed by atoms with Gasteiger partial charge in [0, 0.05) is 6.00 Å². The molecule has 1 aliphatic heterocycles. The predicted molar refractivity (Wildman–Crippen MR) is 59.7 cm³/mol. The number of ether oxygens (including phenoxy) is 1. The molecule has 2 heteroatoms. The van der Waals surface area contributed by atoms with Gasteiger partial charge in [-0.3, -0.25) is 0 Å². The molecule has 1 aliphatic rings. The first-order valence-corrected chi connectivity index (χ1v) is 5.73. The standard InChI is InChI=1S/C11H23BO/c1-5-9(4)11(6-2)7-8(3)10(12)13-11/h8-10H,5-7,12H2,1-4H3. The highest BCUT2D eigenvalue weighted by Crippen LogP contribution is 2.42. The van der Waals surface area contributed by atoms with Gasteiger partial charge >= 0.3 is 0 Å². The van der Waals surface area contributed by atoms with Crippen LogP contribution < -0.4 is 0 Å². The molecule has 0 radical (unpaired) electrons. The molecule has 76 valence electrons. The fourth-order valence-corrected chi connectivity index (χ4v) is 2.51. The molecule has 0 aromatic rings. The van der Waals surface area contributed by atoms with E-state index < -0.39 is 0 Å². The Kier molecular flexibility index (Phi) is 3.45. The van der Waals surface area contributed by atoms with Crippen LogP contribution in [0.4, 0.5) is 0 Å². The summed E-state index contributed by atoms with van der Waals surface area (Å²) in [6.45, 7) is 9.16. The van der Waals surface area contributed by atoms with E-state index in [0.717, 1.165) is 12.3 Å². The number of hydrogen-bond acceptors (Lipinski definition) is 1. The van der Waals surface area contributed by atoms with Crippen LogP contribution in [0.15, 0.2) is 0 Å². The Bertz CT molecular complexity index is 159. The normalized spacial score (nSPS) is 42.2. The monoisotopic (exact) mass is 182 g/mol. The van der Waals surface area contributed by atoms with Crippen LogP contribution in [0.5, 0.6) is 0 Å². The molecule has 1 saturated heterocycles. The lowest BCUT2D eigenvalue weighted by molar-refractivity contribution is -0.0562. The third kappa shape index (κ3) is 1.93. The Morgan fingerprint density at radius 3 is 2.46 bits per heavy atom. The zero-order valence-electron chi connectivity index (χ0n) is 9.76. The molecule has 1 rings (SSSR count). The summed E-state index contributed by atoms with van der Waals surface area (Å²) in [6, 6.07) is 0.453. The maximum Gasteiger partial charge on any atom is 0.139 e. The third-order valence-electron chi connectivity index (χ3n) is 4.00. The Morgan fingerprint density at radius 1 is 1.54 bits per heavy atom. The van der Waals surface area contributed by atoms with E-state index in [2.05, 4.69) is 35.5 Å². The van der Waals surface area contributed by atoms with E-state index in [0.29, 0.717) is 11.9 Å². The summed E-state index contributed by atoms with van der Waals surface area (Å²) in [5, 5.41) is 0. The van der Waals surface area contributed by atoms with Crippen molar-refractivity contribution in [3.63, 3.8) is 0 Å². The topological polar surface area (TPSA) is 9.23 Å². The average Bonchev–Trinajstić information content (AvgIpc) is 2.42. The minimum absolute atomic E-state index is 0.188. The largest absolute Gasteiger partial charge is 0.380 e. The summed E-state index contributed by atoms with van der Waals surface area (Å²) in [6.07, 6.45) is 3.64. The van der Waals surface area contributed by atoms with Gasteiger partial charge in [0.05, 0.1) is 5.60 Å². The highest BCUT2D eigenvalue weighted by molar-refractivity contribution is 6.11. The smallest absolute Gasteiger partial charge is 0.139 e. The molecule has 0 N–H and O–H groups in total. The van der Waals surface area contributed by atoms with Gasteiger partial charge in [-0.1, -0.05) is 34.1 Å². The minimum atomic E-state index is 0.188. The van der Waals surface area contributed by atoms with Crippen molar-refractivity contribution < 1.29 is 4.74 Å². The van der Waals surface area contributed by atoms with E-state index in [9.17, 15) is 0 Å². The lowest BCUT2D eigenvalue weighted by Gasteiger charge is -2.34. The lowest BCUT2D eigenvalue weighted by Crippen LogP contribution is -2.35. The summed E-state index contributed by atoms with van der Waals surface area (Å²) in [5.74, 6) is 1.43. The van der Waals surface area contributed by atoms with Crippen molar-refractivity contribution in [2.45, 2.75) is 58.6 Å². The van der Waals surface area contributed by atoms with Crippen molar-refractivity contribution >= 4 is 7.85 Å². The molecule has 1 nitrogen and oxygen atoms in total. The lowest BCUT2D eigenvalue weighted by atomic mass is 9.78. The fraction of sp³-hybridized carbons (Fsp3) is 1.00. The van der Waals surface area contributed by atoms with Crippen molar-refractivity contribution in [3.8, 4) is 0 Å². The Balaban J connectivity index is 2.72. The maximum absolute atomic E-state index is 6.16. The number of hydrogen-bond donors (Lipinski definition) is 0. The quantitative estimate of drug-likeness (QED) is 0.608. The first kappa shape index (κ1) is 11.1. The van der Waals surface area contributed by atoms with Crippen molar-refractivity contribution in [3.05, 3.63) is 0 Å². The molecule has 4 unspecified atom stereocenters. The number of rotatable bonds is 3. The fourth-order valence-electron chi connectivity index (χ4n) is 2.51. The summed E-state index contributed by atoms with van der Waals surface area (Å²) >= 11 is 0. The first-order chi connectivity index (χ1) is 6.05. The predicted octanol–water partition coefficient (Wildman–Crippen LogP) is 2.20. The van der Waals surface area contributed by atoms with Crippen LogP contribution >= 0.6 is 0 Å². The van der Waals surface area contributed by atoms with E-state index in [1.807, 2.05) is 0 Å². The SMILES string of the molecule is BC1OC(CC)(C(C)CC)CC1C. The van der Waals surface area contributed by atoms with Gasteiger partial charge in [-0.25, -0.2) is 0 Å². The second-order valence-electron chi connectivity index (χ2n) is 4.73. The molecule has 4 atom stereocenters. The molecule has 0 amide bonds. The first-order valence-electron chi connectivity index (χ1n) is 5.73. The van der Waals surface area contributed by atoms with Gasteiger partial charge in [-0.15, -0.1) is 0 Å². The highest BCUT2D eigenvalue weighted by Gasteiger charge is 2.44. The average molecular weight is 182 g/mol. The highest BCUT2D eigenvalue weighted by atomic mass is 16.5. The van der Waals surface area contributed by atoms with Crippen LogP contribution in [0.2, 0.25) is 0 Å². The van der Waals surface area contributed by atoms with Gasteiger partial charge in [-0.05, 0) is 24.7 Å². The molecule has 0 aliphatic carbocycles. The molecule has 0 aromatic heterocycles. The van der Waals surface area contributed by atoms with E-state index in [4.69, 9.17) is 4.74 Å². The van der Waals surface area contributed by atoms with Crippen molar-refractivity contribution in [2.75, 3.05) is 0 Å². The molecule has 0 spiro atoms.